The van der Waals surface area contributed by atoms with Gasteiger partial charge in [-0.05, 0) is 43.2 Å². The second-order valence-electron chi connectivity index (χ2n) is 6.23. The highest BCUT2D eigenvalue weighted by molar-refractivity contribution is 7.89. The summed E-state index contributed by atoms with van der Waals surface area (Å²) in [5.74, 6) is -0.340. The number of carbonyl (C=O) groups excluding carboxylic acids is 1. The van der Waals surface area contributed by atoms with E-state index in [1.54, 1.807) is 0 Å². The Morgan fingerprint density at radius 2 is 1.79 bits per heavy atom. The molecule has 3 rings (SSSR count). The van der Waals surface area contributed by atoms with Crippen molar-refractivity contribution < 1.29 is 22.9 Å². The number of hydrogen-bond donors (Lipinski definition) is 1. The third-order valence-corrected chi connectivity index (χ3v) is 6.38. The number of hydrogen-bond acceptors (Lipinski definition) is 6. The standard InChI is InChI=1S/C18H19N3O6S/c1-27-17-12-14(21(23)24)6-9-16(17)19-18(22)13-4-7-15(8-5-13)28(25,26)20-10-2-3-11-20/h4-9,12H,2-3,10-11H2,1H3,(H,19,22). The highest BCUT2D eigenvalue weighted by Crippen LogP contribution is 2.29. The summed E-state index contributed by atoms with van der Waals surface area (Å²) in [6.45, 7) is 1.01. The number of nitrogens with zero attached hydrogens (tertiary/aromatic N) is 2. The molecule has 1 aliphatic rings. The van der Waals surface area contributed by atoms with Crippen molar-refractivity contribution in [3.63, 3.8) is 0 Å². The van der Waals surface area contributed by atoms with Crippen LogP contribution in [0.3, 0.4) is 0 Å². The first-order chi connectivity index (χ1) is 13.3. The minimum atomic E-state index is -3.55. The van der Waals surface area contributed by atoms with Crippen LogP contribution in [0.1, 0.15) is 23.2 Å². The lowest BCUT2D eigenvalue weighted by Crippen LogP contribution is -2.27. The van der Waals surface area contributed by atoms with E-state index in [1.807, 2.05) is 0 Å². The number of nitro benzene ring substituents is 1. The zero-order chi connectivity index (χ0) is 20.3. The van der Waals surface area contributed by atoms with E-state index in [0.29, 0.717) is 13.1 Å². The van der Waals surface area contributed by atoms with Gasteiger partial charge in [-0.25, -0.2) is 8.42 Å². The average Bonchev–Trinajstić information content (AvgIpc) is 3.24. The fourth-order valence-electron chi connectivity index (χ4n) is 2.95. The molecule has 1 amide bonds. The van der Waals surface area contributed by atoms with Crippen LogP contribution in [0.15, 0.2) is 47.4 Å². The average molecular weight is 405 g/mol. The molecule has 148 valence electrons. The minimum Gasteiger partial charge on any atom is -0.494 e. The first-order valence-corrected chi connectivity index (χ1v) is 10.0. The van der Waals surface area contributed by atoms with E-state index in [4.69, 9.17) is 4.74 Å². The second-order valence-corrected chi connectivity index (χ2v) is 8.17. The van der Waals surface area contributed by atoms with Crippen molar-refractivity contribution >= 4 is 27.3 Å². The van der Waals surface area contributed by atoms with Gasteiger partial charge in [0.2, 0.25) is 10.0 Å². The molecule has 0 radical (unpaired) electrons. The van der Waals surface area contributed by atoms with Crippen LogP contribution >= 0.6 is 0 Å². The first-order valence-electron chi connectivity index (χ1n) is 8.57. The molecule has 1 N–H and O–H groups in total. The molecular formula is C18H19N3O6S. The second kappa shape index (κ2) is 7.95. The van der Waals surface area contributed by atoms with E-state index >= 15 is 0 Å². The zero-order valence-electron chi connectivity index (χ0n) is 15.1. The van der Waals surface area contributed by atoms with Gasteiger partial charge in [0.15, 0.2) is 0 Å². The van der Waals surface area contributed by atoms with E-state index in [-0.39, 0.29) is 27.6 Å². The zero-order valence-corrected chi connectivity index (χ0v) is 15.9. The number of sulfonamides is 1. The van der Waals surface area contributed by atoms with Crippen LogP contribution in [-0.4, -0.2) is 43.8 Å². The molecule has 0 aliphatic carbocycles. The van der Waals surface area contributed by atoms with Crippen LogP contribution in [-0.2, 0) is 10.0 Å². The normalized spacial score (nSPS) is 14.6. The number of nitro groups is 1. The van der Waals surface area contributed by atoms with Crippen molar-refractivity contribution in [1.29, 1.82) is 0 Å². The molecule has 0 aromatic heterocycles. The number of non-ortho nitro benzene ring substituents is 1. The molecule has 2 aromatic carbocycles. The molecule has 1 saturated heterocycles. The summed E-state index contributed by atoms with van der Waals surface area (Å²) in [5.41, 5.74) is 0.360. The maximum Gasteiger partial charge on any atom is 0.273 e. The lowest BCUT2D eigenvalue weighted by atomic mass is 10.2. The number of benzene rings is 2. The molecule has 2 aromatic rings. The molecule has 28 heavy (non-hydrogen) atoms. The predicted octanol–water partition coefficient (Wildman–Crippen LogP) is 2.64. The van der Waals surface area contributed by atoms with Crippen molar-refractivity contribution in [3.8, 4) is 5.75 Å². The third-order valence-electron chi connectivity index (χ3n) is 4.46. The van der Waals surface area contributed by atoms with Crippen molar-refractivity contribution in [2.24, 2.45) is 0 Å². The highest BCUT2D eigenvalue weighted by Gasteiger charge is 2.27. The fourth-order valence-corrected chi connectivity index (χ4v) is 4.46. The van der Waals surface area contributed by atoms with E-state index in [2.05, 4.69) is 5.32 Å². The summed E-state index contributed by atoms with van der Waals surface area (Å²) in [5, 5.41) is 13.5. The molecule has 0 saturated carbocycles. The Morgan fingerprint density at radius 1 is 1.14 bits per heavy atom. The lowest BCUT2D eigenvalue weighted by molar-refractivity contribution is -0.384. The molecule has 1 fully saturated rings. The number of anilines is 1. The van der Waals surface area contributed by atoms with Crippen molar-refractivity contribution in [2.75, 3.05) is 25.5 Å². The fraction of sp³-hybridized carbons (Fsp3) is 0.278. The summed E-state index contributed by atoms with van der Waals surface area (Å²) >= 11 is 0. The number of methoxy groups -OCH3 is 1. The van der Waals surface area contributed by atoms with Crippen molar-refractivity contribution in [3.05, 3.63) is 58.1 Å². The Hall–Kier alpha value is -2.98. The summed E-state index contributed by atoms with van der Waals surface area (Å²) in [6, 6.07) is 9.49. The van der Waals surface area contributed by atoms with E-state index in [9.17, 15) is 23.3 Å². The van der Waals surface area contributed by atoms with Gasteiger partial charge < -0.3 is 10.1 Å². The van der Waals surface area contributed by atoms with Crippen LogP contribution in [0, 0.1) is 10.1 Å². The largest absolute Gasteiger partial charge is 0.494 e. The molecule has 0 atom stereocenters. The summed E-state index contributed by atoms with van der Waals surface area (Å²) in [7, 11) is -2.21. The Morgan fingerprint density at radius 3 is 2.36 bits per heavy atom. The van der Waals surface area contributed by atoms with Crippen LogP contribution in [0.4, 0.5) is 11.4 Å². The van der Waals surface area contributed by atoms with Crippen LogP contribution in [0.25, 0.3) is 0 Å². The van der Waals surface area contributed by atoms with Gasteiger partial charge in [-0.15, -0.1) is 0 Å². The van der Waals surface area contributed by atoms with Gasteiger partial charge in [-0.1, -0.05) is 0 Å². The lowest BCUT2D eigenvalue weighted by Gasteiger charge is -2.15. The third kappa shape index (κ3) is 3.97. The van der Waals surface area contributed by atoms with Gasteiger partial charge in [0.1, 0.15) is 5.75 Å². The topological polar surface area (TPSA) is 119 Å². The van der Waals surface area contributed by atoms with Gasteiger partial charge in [0.25, 0.3) is 11.6 Å². The van der Waals surface area contributed by atoms with Crippen LogP contribution < -0.4 is 10.1 Å². The van der Waals surface area contributed by atoms with Gasteiger partial charge >= 0.3 is 0 Å². The maximum atomic E-state index is 12.5. The van der Waals surface area contributed by atoms with E-state index in [0.717, 1.165) is 12.8 Å². The predicted molar refractivity (Wildman–Crippen MR) is 102 cm³/mol. The quantitative estimate of drug-likeness (QED) is 0.583. The van der Waals surface area contributed by atoms with Crippen molar-refractivity contribution in [1.82, 2.24) is 4.31 Å². The summed E-state index contributed by atoms with van der Waals surface area (Å²) < 4.78 is 31.6. The van der Waals surface area contributed by atoms with E-state index in [1.165, 1.54) is 53.9 Å². The van der Waals surface area contributed by atoms with Gasteiger partial charge in [-0.2, -0.15) is 4.31 Å². The molecule has 0 bridgehead atoms. The molecule has 9 nitrogen and oxygen atoms in total. The molecule has 1 heterocycles. The van der Waals surface area contributed by atoms with Crippen LogP contribution in [0.5, 0.6) is 5.75 Å². The van der Waals surface area contributed by atoms with Gasteiger partial charge in [-0.3, -0.25) is 14.9 Å². The first kappa shape index (κ1) is 19.8. The molecule has 0 unspecified atom stereocenters. The number of amides is 1. The molecule has 0 spiro atoms. The van der Waals surface area contributed by atoms with E-state index < -0.39 is 20.9 Å². The Kier molecular flexibility index (Phi) is 5.61. The summed E-state index contributed by atoms with van der Waals surface area (Å²) in [4.78, 5) is 22.9. The van der Waals surface area contributed by atoms with Crippen LogP contribution in [0.2, 0.25) is 0 Å². The number of nitrogens with one attached hydrogen (secondary N) is 1. The maximum absolute atomic E-state index is 12.5. The summed E-state index contributed by atoms with van der Waals surface area (Å²) in [6.07, 6.45) is 1.69. The number of ether oxygens (including phenoxy) is 1. The molecule has 1 aliphatic heterocycles. The van der Waals surface area contributed by atoms with Gasteiger partial charge in [0, 0.05) is 24.7 Å². The molecular weight excluding hydrogens is 386 g/mol. The van der Waals surface area contributed by atoms with Crippen molar-refractivity contribution in [2.45, 2.75) is 17.7 Å². The number of carbonyl (C=O) groups is 1. The smallest absolute Gasteiger partial charge is 0.273 e. The minimum absolute atomic E-state index is 0.138. The SMILES string of the molecule is COc1cc([N+](=O)[O-])ccc1NC(=O)c1ccc(S(=O)(=O)N2CCCC2)cc1. The Bertz CT molecular complexity index is 998. The van der Waals surface area contributed by atoms with Gasteiger partial charge in [0.05, 0.1) is 28.7 Å². The Balaban J connectivity index is 1.77. The monoisotopic (exact) mass is 405 g/mol. The highest BCUT2D eigenvalue weighted by atomic mass is 32.2. The Labute approximate surface area is 162 Å². The molecule has 10 heteroatoms. The number of rotatable bonds is 6.